The van der Waals surface area contributed by atoms with Gasteiger partial charge in [0.1, 0.15) is 6.54 Å². The monoisotopic (exact) mass is 244 g/mol. The van der Waals surface area contributed by atoms with Gasteiger partial charge < -0.3 is 15.3 Å². The molecular weight excluding hydrogens is 220 g/mol. The predicted molar refractivity (Wildman–Crippen MR) is 67.0 cm³/mol. The topological polar surface area (TPSA) is 69.6 Å². The van der Waals surface area contributed by atoms with Gasteiger partial charge in [0.05, 0.1) is 0 Å². The Hall–Kier alpha value is -1.26. The number of carboxylic acids is 1. The number of likely N-dealkylation sites (N-methyl/N-ethyl adjacent to an activating group) is 1. The van der Waals surface area contributed by atoms with Crippen LogP contribution in [0.15, 0.2) is 0 Å². The van der Waals surface area contributed by atoms with Crippen molar-refractivity contribution in [1.82, 2.24) is 10.2 Å². The Morgan fingerprint density at radius 2 is 1.59 bits per heavy atom. The summed E-state index contributed by atoms with van der Waals surface area (Å²) < 4.78 is 0. The van der Waals surface area contributed by atoms with Crippen molar-refractivity contribution in [3.8, 4) is 0 Å². The van der Waals surface area contributed by atoms with Crippen LogP contribution in [0.25, 0.3) is 0 Å². The van der Waals surface area contributed by atoms with Crippen LogP contribution < -0.4 is 5.32 Å². The van der Waals surface area contributed by atoms with E-state index >= 15 is 0 Å². The summed E-state index contributed by atoms with van der Waals surface area (Å²) in [6, 6.07) is -0.291. The van der Waals surface area contributed by atoms with Crippen LogP contribution in [0.3, 0.4) is 0 Å². The zero-order chi connectivity index (χ0) is 13.5. The molecule has 0 saturated carbocycles. The maximum Gasteiger partial charge on any atom is 0.323 e. The molecule has 0 radical (unpaired) electrons. The number of hydrogen-bond acceptors (Lipinski definition) is 2. The summed E-state index contributed by atoms with van der Waals surface area (Å²) in [5.41, 5.74) is -0.219. The highest BCUT2D eigenvalue weighted by Crippen LogP contribution is 2.19. The smallest absolute Gasteiger partial charge is 0.323 e. The van der Waals surface area contributed by atoms with E-state index in [-0.39, 0.29) is 18.1 Å². The minimum atomic E-state index is -0.989. The number of nitrogens with one attached hydrogen (secondary N) is 1. The summed E-state index contributed by atoms with van der Waals surface area (Å²) >= 11 is 0. The third-order valence-electron chi connectivity index (χ3n) is 3.40. The lowest BCUT2D eigenvalue weighted by Gasteiger charge is -2.34. The fraction of sp³-hybridized carbons (Fsp3) is 0.833. The van der Waals surface area contributed by atoms with Crippen LogP contribution in [0.4, 0.5) is 4.79 Å². The number of carbonyl (C=O) groups excluding carboxylic acids is 1. The zero-order valence-corrected chi connectivity index (χ0v) is 11.2. The molecule has 0 fully saturated rings. The molecular formula is C12H24N2O3. The lowest BCUT2D eigenvalue weighted by Crippen LogP contribution is -2.53. The molecule has 2 amide bonds. The van der Waals surface area contributed by atoms with Crippen molar-refractivity contribution in [2.45, 2.75) is 52.5 Å². The summed E-state index contributed by atoms with van der Waals surface area (Å²) in [5, 5.41) is 11.7. The van der Waals surface area contributed by atoms with Crippen molar-refractivity contribution in [2.75, 3.05) is 13.1 Å². The molecule has 100 valence electrons. The van der Waals surface area contributed by atoms with E-state index in [2.05, 4.69) is 5.32 Å². The molecule has 0 heterocycles. The molecule has 0 aliphatic rings. The highest BCUT2D eigenvalue weighted by atomic mass is 16.4. The van der Waals surface area contributed by atoms with Crippen LogP contribution >= 0.6 is 0 Å². The van der Waals surface area contributed by atoms with Crippen LogP contribution in [-0.2, 0) is 4.79 Å². The predicted octanol–water partition coefficient (Wildman–Crippen LogP) is 2.07. The number of rotatable bonds is 7. The second-order valence-electron chi connectivity index (χ2n) is 4.18. The first kappa shape index (κ1) is 15.7. The molecule has 2 N–H and O–H groups in total. The average Bonchev–Trinajstić information content (AvgIpc) is 2.32. The lowest BCUT2D eigenvalue weighted by molar-refractivity contribution is -0.137. The van der Waals surface area contributed by atoms with Gasteiger partial charge in [-0.2, -0.15) is 0 Å². The molecule has 0 aromatic carbocycles. The Bertz CT molecular complexity index is 254. The number of urea groups is 1. The summed E-state index contributed by atoms with van der Waals surface area (Å²) in [4.78, 5) is 23.9. The van der Waals surface area contributed by atoms with E-state index in [0.717, 1.165) is 19.3 Å². The van der Waals surface area contributed by atoms with E-state index < -0.39 is 5.97 Å². The van der Waals surface area contributed by atoms with Gasteiger partial charge in [0.2, 0.25) is 0 Å². The van der Waals surface area contributed by atoms with Gasteiger partial charge >= 0.3 is 12.0 Å². The molecule has 5 heteroatoms. The van der Waals surface area contributed by atoms with E-state index in [4.69, 9.17) is 5.11 Å². The Kier molecular flexibility index (Phi) is 6.61. The molecule has 0 aromatic rings. The first-order chi connectivity index (χ1) is 7.94. The summed E-state index contributed by atoms with van der Waals surface area (Å²) in [6.07, 6.45) is 2.53. The molecule has 0 aliphatic carbocycles. The minimum absolute atomic E-state index is 0.219. The highest BCUT2D eigenvalue weighted by molar-refractivity contribution is 5.80. The lowest BCUT2D eigenvalue weighted by atomic mass is 9.90. The Morgan fingerprint density at radius 1 is 1.12 bits per heavy atom. The third-order valence-corrected chi connectivity index (χ3v) is 3.40. The van der Waals surface area contributed by atoms with Crippen molar-refractivity contribution >= 4 is 12.0 Å². The van der Waals surface area contributed by atoms with E-state index in [1.165, 1.54) is 4.90 Å². The van der Waals surface area contributed by atoms with Crippen LogP contribution in [-0.4, -0.2) is 40.6 Å². The largest absolute Gasteiger partial charge is 0.480 e. The number of aliphatic carboxylic acids is 1. The second-order valence-corrected chi connectivity index (χ2v) is 4.18. The summed E-state index contributed by atoms with van der Waals surface area (Å²) in [5.74, 6) is -0.989. The van der Waals surface area contributed by atoms with Gasteiger partial charge in [-0.3, -0.25) is 4.79 Å². The Morgan fingerprint density at radius 3 is 1.88 bits per heavy atom. The van der Waals surface area contributed by atoms with Gasteiger partial charge in [-0.05, 0) is 26.2 Å². The van der Waals surface area contributed by atoms with Gasteiger partial charge in [0.25, 0.3) is 0 Å². The Balaban J connectivity index is 4.62. The molecule has 0 saturated heterocycles. The van der Waals surface area contributed by atoms with Crippen molar-refractivity contribution in [3.05, 3.63) is 0 Å². The first-order valence-electron chi connectivity index (χ1n) is 6.23. The highest BCUT2D eigenvalue weighted by Gasteiger charge is 2.28. The van der Waals surface area contributed by atoms with Crippen molar-refractivity contribution in [3.63, 3.8) is 0 Å². The maximum absolute atomic E-state index is 12.0. The van der Waals surface area contributed by atoms with E-state index in [0.29, 0.717) is 6.54 Å². The summed E-state index contributed by atoms with van der Waals surface area (Å²) in [7, 11) is 0. The molecule has 0 aliphatic heterocycles. The van der Waals surface area contributed by atoms with Crippen molar-refractivity contribution in [1.29, 1.82) is 0 Å². The van der Waals surface area contributed by atoms with Crippen LogP contribution in [0.2, 0.25) is 0 Å². The van der Waals surface area contributed by atoms with Crippen LogP contribution in [0, 0.1) is 0 Å². The molecule has 0 spiro atoms. The molecule has 5 nitrogen and oxygen atoms in total. The first-order valence-corrected chi connectivity index (χ1v) is 6.23. The summed E-state index contributed by atoms with van der Waals surface area (Å²) in [6.45, 7) is 8.00. The average molecular weight is 244 g/mol. The number of nitrogens with zero attached hydrogens (tertiary/aromatic N) is 1. The quantitative estimate of drug-likeness (QED) is 0.720. The minimum Gasteiger partial charge on any atom is -0.480 e. The molecule has 0 unspecified atom stereocenters. The fourth-order valence-corrected chi connectivity index (χ4v) is 1.81. The number of amides is 2. The SMILES string of the molecule is CCN(CC(=O)O)C(=O)NC(CC)(CC)CC. The zero-order valence-electron chi connectivity index (χ0n) is 11.2. The maximum atomic E-state index is 12.0. The van der Waals surface area contributed by atoms with E-state index in [9.17, 15) is 9.59 Å². The number of carbonyl (C=O) groups is 2. The Labute approximate surface area is 103 Å². The van der Waals surface area contributed by atoms with Gasteiger partial charge in [-0.15, -0.1) is 0 Å². The van der Waals surface area contributed by atoms with Gasteiger partial charge in [-0.25, -0.2) is 4.79 Å². The van der Waals surface area contributed by atoms with Gasteiger partial charge in [0, 0.05) is 12.1 Å². The molecule has 17 heavy (non-hydrogen) atoms. The van der Waals surface area contributed by atoms with Crippen LogP contribution in [0.1, 0.15) is 47.0 Å². The van der Waals surface area contributed by atoms with Gasteiger partial charge in [-0.1, -0.05) is 20.8 Å². The fourth-order valence-electron chi connectivity index (χ4n) is 1.81. The van der Waals surface area contributed by atoms with Crippen molar-refractivity contribution < 1.29 is 14.7 Å². The number of carboxylic acid groups (broad SMARTS) is 1. The van der Waals surface area contributed by atoms with E-state index in [1.807, 2.05) is 20.8 Å². The normalized spacial score (nSPS) is 11.1. The standard InChI is InChI=1S/C12H24N2O3/c1-5-12(6-2,7-3)13-11(17)14(8-4)9-10(15)16/h5-9H2,1-4H3,(H,13,17)(H,15,16). The number of hydrogen-bond donors (Lipinski definition) is 2. The molecule has 0 aromatic heterocycles. The van der Waals surface area contributed by atoms with Crippen molar-refractivity contribution in [2.24, 2.45) is 0 Å². The third kappa shape index (κ3) is 4.63. The second kappa shape index (κ2) is 7.14. The van der Waals surface area contributed by atoms with E-state index in [1.54, 1.807) is 6.92 Å². The molecule has 0 bridgehead atoms. The van der Waals surface area contributed by atoms with Gasteiger partial charge in [0.15, 0.2) is 0 Å². The molecule has 0 rings (SSSR count). The van der Waals surface area contributed by atoms with Crippen LogP contribution in [0.5, 0.6) is 0 Å². The molecule has 0 atom stereocenters.